The number of H-pyrrole nitrogens is 1. The average molecular weight is 330 g/mol. The van der Waals surface area contributed by atoms with Gasteiger partial charge in [0.2, 0.25) is 5.91 Å². The van der Waals surface area contributed by atoms with Crippen molar-refractivity contribution in [3.8, 4) is 0 Å². The molecular formula is C19H30N4O. The van der Waals surface area contributed by atoms with Crippen molar-refractivity contribution in [1.82, 2.24) is 20.0 Å². The molecule has 24 heavy (non-hydrogen) atoms. The van der Waals surface area contributed by atoms with E-state index in [2.05, 4.69) is 15.1 Å². The number of aromatic amines is 1. The van der Waals surface area contributed by atoms with Crippen LogP contribution in [0.15, 0.2) is 6.20 Å². The molecule has 2 aliphatic heterocycles. The molecule has 1 saturated carbocycles. The number of piperidine rings is 1. The minimum absolute atomic E-state index is 0.109. The molecule has 5 nitrogen and oxygen atoms in total. The van der Waals surface area contributed by atoms with E-state index in [1.165, 1.54) is 43.4 Å². The Labute approximate surface area is 144 Å². The van der Waals surface area contributed by atoms with Crippen LogP contribution in [-0.2, 0) is 11.3 Å². The molecule has 0 unspecified atom stereocenters. The van der Waals surface area contributed by atoms with Crippen molar-refractivity contribution in [3.63, 3.8) is 0 Å². The molecule has 0 radical (unpaired) electrons. The van der Waals surface area contributed by atoms with Gasteiger partial charge in [0, 0.05) is 43.9 Å². The Kier molecular flexibility index (Phi) is 4.37. The summed E-state index contributed by atoms with van der Waals surface area (Å²) in [5.41, 5.74) is 2.61. The molecule has 3 heterocycles. The third kappa shape index (κ3) is 2.87. The van der Waals surface area contributed by atoms with Crippen molar-refractivity contribution >= 4 is 5.91 Å². The molecule has 1 aromatic heterocycles. The molecule has 1 spiro atoms. The van der Waals surface area contributed by atoms with Gasteiger partial charge in [0.15, 0.2) is 0 Å². The van der Waals surface area contributed by atoms with Gasteiger partial charge in [-0.25, -0.2) is 0 Å². The van der Waals surface area contributed by atoms with Gasteiger partial charge in [-0.2, -0.15) is 5.10 Å². The second-order valence-electron chi connectivity index (χ2n) is 8.22. The van der Waals surface area contributed by atoms with Crippen LogP contribution in [-0.4, -0.2) is 52.6 Å². The van der Waals surface area contributed by atoms with Crippen molar-refractivity contribution in [2.45, 2.75) is 63.8 Å². The van der Waals surface area contributed by atoms with Crippen molar-refractivity contribution in [2.75, 3.05) is 26.7 Å². The van der Waals surface area contributed by atoms with Crippen molar-refractivity contribution < 1.29 is 4.79 Å². The highest BCUT2D eigenvalue weighted by molar-refractivity contribution is 5.83. The van der Waals surface area contributed by atoms with Gasteiger partial charge in [-0.15, -0.1) is 0 Å². The zero-order valence-corrected chi connectivity index (χ0v) is 14.9. The van der Waals surface area contributed by atoms with E-state index in [0.717, 1.165) is 45.4 Å². The van der Waals surface area contributed by atoms with E-state index >= 15 is 0 Å². The monoisotopic (exact) mass is 330 g/mol. The van der Waals surface area contributed by atoms with Crippen LogP contribution in [0.5, 0.6) is 0 Å². The number of hydrogen-bond donors (Lipinski definition) is 1. The van der Waals surface area contributed by atoms with Gasteiger partial charge in [-0.05, 0) is 38.6 Å². The first-order valence-corrected chi connectivity index (χ1v) is 9.68. The lowest BCUT2D eigenvalue weighted by molar-refractivity contribution is -0.143. The van der Waals surface area contributed by atoms with E-state index in [9.17, 15) is 4.79 Å². The Hall–Kier alpha value is -1.36. The summed E-state index contributed by atoms with van der Waals surface area (Å²) in [4.78, 5) is 17.1. The highest BCUT2D eigenvalue weighted by Crippen LogP contribution is 2.41. The minimum atomic E-state index is -0.109. The van der Waals surface area contributed by atoms with E-state index in [0.29, 0.717) is 11.8 Å². The van der Waals surface area contributed by atoms with E-state index in [1.807, 2.05) is 18.1 Å². The molecule has 3 aliphatic rings. The molecule has 4 rings (SSSR count). The van der Waals surface area contributed by atoms with Gasteiger partial charge in [0.25, 0.3) is 0 Å². The fourth-order valence-electron chi connectivity index (χ4n) is 5.17. The van der Waals surface area contributed by atoms with Crippen molar-refractivity contribution in [3.05, 3.63) is 17.5 Å². The Bertz CT molecular complexity index is 592. The molecular weight excluding hydrogens is 300 g/mol. The fraction of sp³-hybridized carbons (Fsp3) is 0.789. The largest absolute Gasteiger partial charge is 0.345 e. The molecule has 3 fully saturated rings. The standard InChI is InChI=1S/C19H30N4O/c1-22-10-5-8-19(18(22)24)9-11-23(14-19)13-16-12-20-21-17(16)15-6-3-2-4-7-15/h12,15H,2-11,13-14H2,1H3,(H,20,21)/t19-/m1/s1. The van der Waals surface area contributed by atoms with Crippen molar-refractivity contribution in [1.29, 1.82) is 0 Å². The van der Waals surface area contributed by atoms with Gasteiger partial charge in [-0.3, -0.25) is 14.8 Å². The van der Waals surface area contributed by atoms with Gasteiger partial charge >= 0.3 is 0 Å². The number of carbonyl (C=O) groups is 1. The maximum Gasteiger partial charge on any atom is 0.229 e. The second-order valence-corrected chi connectivity index (χ2v) is 8.22. The third-order valence-corrected chi connectivity index (χ3v) is 6.54. The van der Waals surface area contributed by atoms with E-state index in [1.54, 1.807) is 0 Å². The van der Waals surface area contributed by atoms with Gasteiger partial charge in [0.05, 0.1) is 11.6 Å². The molecule has 5 heteroatoms. The summed E-state index contributed by atoms with van der Waals surface area (Å²) < 4.78 is 0. The Morgan fingerprint density at radius 3 is 2.88 bits per heavy atom. The van der Waals surface area contributed by atoms with Crippen LogP contribution in [0.4, 0.5) is 0 Å². The lowest BCUT2D eigenvalue weighted by Crippen LogP contribution is -2.48. The van der Waals surface area contributed by atoms with E-state index in [4.69, 9.17) is 0 Å². The predicted molar refractivity (Wildman–Crippen MR) is 93.6 cm³/mol. The number of carbonyl (C=O) groups excluding carboxylic acids is 1. The maximum atomic E-state index is 12.7. The van der Waals surface area contributed by atoms with Crippen LogP contribution < -0.4 is 0 Å². The van der Waals surface area contributed by atoms with Crippen LogP contribution in [0.3, 0.4) is 0 Å². The van der Waals surface area contributed by atoms with Gasteiger partial charge in [-0.1, -0.05) is 19.3 Å². The molecule has 1 aliphatic carbocycles. The lowest BCUT2D eigenvalue weighted by Gasteiger charge is -2.37. The highest BCUT2D eigenvalue weighted by Gasteiger charge is 2.47. The maximum absolute atomic E-state index is 12.7. The number of nitrogens with one attached hydrogen (secondary N) is 1. The van der Waals surface area contributed by atoms with Crippen LogP contribution >= 0.6 is 0 Å². The van der Waals surface area contributed by atoms with E-state index < -0.39 is 0 Å². The number of aromatic nitrogens is 2. The third-order valence-electron chi connectivity index (χ3n) is 6.54. The molecule has 1 aromatic rings. The first-order valence-electron chi connectivity index (χ1n) is 9.68. The summed E-state index contributed by atoms with van der Waals surface area (Å²) in [5, 5.41) is 7.63. The lowest BCUT2D eigenvalue weighted by atomic mass is 9.78. The molecule has 1 N–H and O–H groups in total. The fourth-order valence-corrected chi connectivity index (χ4v) is 5.17. The molecule has 1 atom stereocenters. The Balaban J connectivity index is 1.44. The highest BCUT2D eigenvalue weighted by atomic mass is 16.2. The number of likely N-dealkylation sites (tertiary alicyclic amines) is 2. The number of amides is 1. The average Bonchev–Trinajstić information content (AvgIpc) is 3.22. The number of rotatable bonds is 3. The number of hydrogen-bond acceptors (Lipinski definition) is 3. The topological polar surface area (TPSA) is 52.2 Å². The zero-order chi connectivity index (χ0) is 16.6. The molecule has 132 valence electrons. The van der Waals surface area contributed by atoms with Crippen LogP contribution in [0.25, 0.3) is 0 Å². The normalized spacial score (nSPS) is 29.7. The minimum Gasteiger partial charge on any atom is -0.345 e. The quantitative estimate of drug-likeness (QED) is 0.927. The summed E-state index contributed by atoms with van der Waals surface area (Å²) >= 11 is 0. The molecule has 0 bridgehead atoms. The molecule has 1 amide bonds. The summed E-state index contributed by atoms with van der Waals surface area (Å²) in [7, 11) is 1.96. The van der Waals surface area contributed by atoms with Crippen LogP contribution in [0.1, 0.15) is 68.5 Å². The predicted octanol–water partition coefficient (Wildman–Crippen LogP) is 2.90. The first-order chi connectivity index (χ1) is 11.7. The summed E-state index contributed by atoms with van der Waals surface area (Å²) in [5.74, 6) is 1.03. The van der Waals surface area contributed by atoms with Crippen LogP contribution in [0, 0.1) is 5.41 Å². The molecule has 2 saturated heterocycles. The second kappa shape index (κ2) is 6.51. The summed E-state index contributed by atoms with van der Waals surface area (Å²) in [6.07, 6.45) is 11.9. The zero-order valence-electron chi connectivity index (χ0n) is 14.9. The Morgan fingerprint density at radius 2 is 2.04 bits per heavy atom. The SMILES string of the molecule is CN1CCC[C@]2(CCN(Cc3cn[nH]c3C3CCCCC3)C2)C1=O. The number of nitrogens with zero attached hydrogens (tertiary/aromatic N) is 3. The Morgan fingerprint density at radius 1 is 1.21 bits per heavy atom. The summed E-state index contributed by atoms with van der Waals surface area (Å²) in [6.45, 7) is 3.83. The van der Waals surface area contributed by atoms with Gasteiger partial charge < -0.3 is 4.90 Å². The first kappa shape index (κ1) is 16.1. The molecule has 0 aromatic carbocycles. The smallest absolute Gasteiger partial charge is 0.229 e. The van der Waals surface area contributed by atoms with E-state index in [-0.39, 0.29) is 5.41 Å². The summed E-state index contributed by atoms with van der Waals surface area (Å²) in [6, 6.07) is 0. The van der Waals surface area contributed by atoms with Gasteiger partial charge in [0.1, 0.15) is 0 Å². The van der Waals surface area contributed by atoms with Crippen molar-refractivity contribution in [2.24, 2.45) is 5.41 Å². The van der Waals surface area contributed by atoms with Crippen LogP contribution in [0.2, 0.25) is 0 Å².